The zero-order valence-electron chi connectivity index (χ0n) is 19.7. The van der Waals surface area contributed by atoms with Crippen LogP contribution in [0.3, 0.4) is 0 Å². The zero-order valence-corrected chi connectivity index (χ0v) is 19.7. The van der Waals surface area contributed by atoms with Crippen LogP contribution in [0.5, 0.6) is 0 Å². The van der Waals surface area contributed by atoms with Crippen molar-refractivity contribution in [2.24, 2.45) is 33.5 Å². The molecule has 0 saturated carbocycles. The van der Waals surface area contributed by atoms with Gasteiger partial charge in [-0.25, -0.2) is 0 Å². The number of hydrogen-bond donors (Lipinski definition) is 0. The summed E-state index contributed by atoms with van der Waals surface area (Å²) in [5.74, 6) is 1.26. The molecule has 0 nitrogen and oxygen atoms in total. The molecule has 0 bridgehead atoms. The molecule has 0 unspecified atom stereocenters. The van der Waals surface area contributed by atoms with E-state index in [4.69, 9.17) is 0 Å². The van der Waals surface area contributed by atoms with Gasteiger partial charge >= 0.3 is 0 Å². The van der Waals surface area contributed by atoms with E-state index in [0.29, 0.717) is 22.7 Å². The Bertz CT molecular complexity index is 578. The van der Waals surface area contributed by atoms with Crippen molar-refractivity contribution in [3.8, 4) is 0 Å². The highest BCUT2D eigenvalue weighted by molar-refractivity contribution is 5.50. The average molecular weight is 357 g/mol. The molecule has 2 rings (SSSR count). The van der Waals surface area contributed by atoms with Gasteiger partial charge in [0.05, 0.1) is 0 Å². The van der Waals surface area contributed by atoms with E-state index in [9.17, 15) is 0 Å². The minimum atomic E-state index is 0.262. The number of rotatable bonds is 0. The molecule has 148 valence electrons. The molecular weight excluding hydrogens is 312 g/mol. The minimum Gasteiger partial charge on any atom is -0.0639 e. The van der Waals surface area contributed by atoms with E-state index in [0.717, 1.165) is 0 Å². The first-order valence-corrected chi connectivity index (χ1v) is 10.6. The third-order valence-corrected chi connectivity index (χ3v) is 6.61. The molecule has 0 aliphatic heterocycles. The van der Waals surface area contributed by atoms with Crippen molar-refractivity contribution in [1.82, 2.24) is 0 Å². The molecule has 0 aromatic heterocycles. The summed E-state index contributed by atoms with van der Waals surface area (Å²) < 4.78 is 0. The SMILES string of the molecule is CC(C)(C)C1=C/C(=C2/C=C(C(C)(C)C)C[C@@H]2C(C)(C)C)[C@H](C(C)(C)C)C1. The Balaban J connectivity index is 2.69. The minimum absolute atomic E-state index is 0.262. The topological polar surface area (TPSA) is 0 Å². The number of allylic oxidation sites excluding steroid dienone is 6. The normalized spacial score (nSPS) is 28.5. The number of hydrogen-bond acceptors (Lipinski definition) is 0. The summed E-state index contributed by atoms with van der Waals surface area (Å²) in [6.07, 6.45) is 7.63. The molecule has 26 heavy (non-hydrogen) atoms. The van der Waals surface area contributed by atoms with Gasteiger partial charge in [-0.3, -0.25) is 0 Å². The summed E-state index contributed by atoms with van der Waals surface area (Å²) in [6, 6.07) is 0. The van der Waals surface area contributed by atoms with Gasteiger partial charge < -0.3 is 0 Å². The molecule has 0 heterocycles. The van der Waals surface area contributed by atoms with Crippen LogP contribution in [-0.2, 0) is 0 Å². The van der Waals surface area contributed by atoms with Crippen LogP contribution in [-0.4, -0.2) is 0 Å². The molecule has 0 radical (unpaired) electrons. The van der Waals surface area contributed by atoms with Gasteiger partial charge in [-0.05, 0) is 57.5 Å². The van der Waals surface area contributed by atoms with Crippen molar-refractivity contribution in [3.63, 3.8) is 0 Å². The van der Waals surface area contributed by atoms with Gasteiger partial charge in [0.15, 0.2) is 0 Å². The monoisotopic (exact) mass is 356 g/mol. The van der Waals surface area contributed by atoms with E-state index in [-0.39, 0.29) is 10.8 Å². The first-order valence-electron chi connectivity index (χ1n) is 10.6. The third kappa shape index (κ3) is 4.37. The Morgan fingerprint density at radius 1 is 0.538 bits per heavy atom. The third-order valence-electron chi connectivity index (χ3n) is 6.61. The molecule has 2 aliphatic carbocycles. The summed E-state index contributed by atoms with van der Waals surface area (Å²) in [4.78, 5) is 0. The Morgan fingerprint density at radius 3 is 1.00 bits per heavy atom. The Labute approximate surface area is 164 Å². The molecule has 0 aromatic rings. The maximum atomic E-state index is 2.59. The first kappa shape index (κ1) is 21.5. The highest BCUT2D eigenvalue weighted by Crippen LogP contribution is 2.54. The maximum absolute atomic E-state index is 2.59. The lowest BCUT2D eigenvalue weighted by Crippen LogP contribution is -2.25. The van der Waals surface area contributed by atoms with Crippen molar-refractivity contribution in [1.29, 1.82) is 0 Å². The van der Waals surface area contributed by atoms with Crippen molar-refractivity contribution < 1.29 is 0 Å². The zero-order chi connectivity index (χ0) is 20.3. The van der Waals surface area contributed by atoms with E-state index in [1.165, 1.54) is 12.8 Å². The fourth-order valence-corrected chi connectivity index (χ4v) is 4.51. The predicted molar refractivity (Wildman–Crippen MR) is 117 cm³/mol. The van der Waals surface area contributed by atoms with E-state index in [1.54, 1.807) is 22.3 Å². The summed E-state index contributed by atoms with van der Waals surface area (Å²) in [5.41, 5.74) is 7.66. The van der Waals surface area contributed by atoms with Crippen molar-refractivity contribution >= 4 is 0 Å². The highest BCUT2D eigenvalue weighted by Gasteiger charge is 2.42. The summed E-state index contributed by atoms with van der Waals surface area (Å²) in [5, 5.41) is 0. The van der Waals surface area contributed by atoms with Crippen molar-refractivity contribution in [2.45, 2.75) is 95.9 Å². The average Bonchev–Trinajstić information content (AvgIpc) is 3.00. The second-order valence-electron chi connectivity index (χ2n) is 13.0. The van der Waals surface area contributed by atoms with E-state index < -0.39 is 0 Å². The van der Waals surface area contributed by atoms with E-state index >= 15 is 0 Å². The van der Waals surface area contributed by atoms with Crippen LogP contribution < -0.4 is 0 Å². The molecule has 0 saturated heterocycles. The van der Waals surface area contributed by atoms with Crippen LogP contribution in [0.15, 0.2) is 34.4 Å². The van der Waals surface area contributed by atoms with Crippen LogP contribution in [0.4, 0.5) is 0 Å². The molecule has 0 heteroatoms. The van der Waals surface area contributed by atoms with Gasteiger partial charge in [0, 0.05) is 0 Å². The van der Waals surface area contributed by atoms with Crippen LogP contribution in [0.1, 0.15) is 95.9 Å². The molecule has 0 aromatic carbocycles. The molecule has 0 spiro atoms. The van der Waals surface area contributed by atoms with Gasteiger partial charge in [-0.15, -0.1) is 0 Å². The predicted octanol–water partition coefficient (Wildman–Crippen LogP) is 8.36. The molecule has 0 N–H and O–H groups in total. The van der Waals surface area contributed by atoms with Crippen LogP contribution >= 0.6 is 0 Å². The molecule has 0 fully saturated rings. The van der Waals surface area contributed by atoms with Gasteiger partial charge in [0.2, 0.25) is 0 Å². The second-order valence-corrected chi connectivity index (χ2v) is 13.0. The van der Waals surface area contributed by atoms with Crippen molar-refractivity contribution in [2.75, 3.05) is 0 Å². The van der Waals surface area contributed by atoms with E-state index in [1.807, 2.05) is 0 Å². The lowest BCUT2D eigenvalue weighted by Gasteiger charge is -2.34. The van der Waals surface area contributed by atoms with Gasteiger partial charge in [0.1, 0.15) is 0 Å². The lowest BCUT2D eigenvalue weighted by atomic mass is 9.70. The van der Waals surface area contributed by atoms with Gasteiger partial charge in [-0.1, -0.05) is 106 Å². The molecule has 2 atom stereocenters. The fourth-order valence-electron chi connectivity index (χ4n) is 4.51. The quantitative estimate of drug-likeness (QED) is 0.409. The second kappa shape index (κ2) is 6.39. The summed E-state index contributed by atoms with van der Waals surface area (Å²) in [7, 11) is 0. The van der Waals surface area contributed by atoms with Crippen LogP contribution in [0.25, 0.3) is 0 Å². The van der Waals surface area contributed by atoms with Crippen LogP contribution in [0.2, 0.25) is 0 Å². The van der Waals surface area contributed by atoms with Gasteiger partial charge in [0.25, 0.3) is 0 Å². The Morgan fingerprint density at radius 2 is 0.808 bits per heavy atom. The standard InChI is InChI=1S/C26H44/c1-23(2,3)17-13-19(21(15-17)25(7,8)9)20-14-18(24(4,5)6)16-22(20)26(10,11)12/h13-14,21-22H,15-16H2,1-12H3/b20-19+/t21-,22+. The molecular formula is C26H44. The molecule has 2 aliphatic rings. The smallest absolute Gasteiger partial charge is 0.00729 e. The highest BCUT2D eigenvalue weighted by atomic mass is 14.5. The Kier molecular flexibility index (Phi) is 5.29. The summed E-state index contributed by atoms with van der Waals surface area (Å²) >= 11 is 0. The fraction of sp³-hybridized carbons (Fsp3) is 0.769. The lowest BCUT2D eigenvalue weighted by molar-refractivity contribution is 0.261. The first-order chi connectivity index (χ1) is 11.4. The van der Waals surface area contributed by atoms with Crippen molar-refractivity contribution in [3.05, 3.63) is 34.4 Å². The maximum Gasteiger partial charge on any atom is -0.00729 e. The van der Waals surface area contributed by atoms with Gasteiger partial charge in [-0.2, -0.15) is 0 Å². The Hall–Kier alpha value is -0.780. The largest absolute Gasteiger partial charge is 0.0639 e. The van der Waals surface area contributed by atoms with Crippen LogP contribution in [0, 0.1) is 33.5 Å². The summed E-state index contributed by atoms with van der Waals surface area (Å²) in [6.45, 7) is 28.8. The van der Waals surface area contributed by atoms with E-state index in [2.05, 4.69) is 95.2 Å². The molecule has 0 amide bonds.